The molecule has 2 fully saturated rings. The zero-order valence-electron chi connectivity index (χ0n) is 12.6. The third kappa shape index (κ3) is 2.29. The van der Waals surface area contributed by atoms with Gasteiger partial charge < -0.3 is 10.6 Å². The first-order valence-corrected chi connectivity index (χ1v) is 9.12. The first kappa shape index (κ1) is 14.6. The van der Waals surface area contributed by atoms with E-state index in [1.807, 2.05) is 10.6 Å². The fraction of sp³-hybridized carbons (Fsp3) is 0.667. The van der Waals surface area contributed by atoms with Gasteiger partial charge in [0.15, 0.2) is 5.65 Å². The van der Waals surface area contributed by atoms with Crippen molar-refractivity contribution in [2.24, 2.45) is 11.1 Å². The average Bonchev–Trinajstić information content (AvgIpc) is 3.03. The molecule has 1 spiro atoms. The molecule has 0 aromatic carbocycles. The summed E-state index contributed by atoms with van der Waals surface area (Å²) in [5.74, 6) is 0.958. The van der Waals surface area contributed by atoms with Crippen molar-refractivity contribution in [3.8, 4) is 0 Å². The Kier molecular flexibility index (Phi) is 3.72. The lowest BCUT2D eigenvalue weighted by molar-refractivity contribution is 0.113. The second-order valence-corrected chi connectivity index (χ2v) is 7.79. The molecule has 6 nitrogen and oxygen atoms in total. The maximum Gasteiger partial charge on any atom is 0.212 e. The number of aromatic nitrogens is 4. The summed E-state index contributed by atoms with van der Waals surface area (Å²) in [6.07, 6.45) is 11.1. The molecule has 1 saturated heterocycles. The number of piperidine rings is 1. The lowest BCUT2D eigenvalue weighted by atomic mass is 9.65. The first-order chi connectivity index (χ1) is 10.7. The molecule has 1 aliphatic carbocycles. The predicted octanol–water partition coefficient (Wildman–Crippen LogP) is 2.22. The van der Waals surface area contributed by atoms with E-state index in [2.05, 4.69) is 42.7 Å². The zero-order chi connectivity index (χ0) is 15.2. The standard InChI is InChI=1S/C15H21IN6/c16-11-9-18-14(22-10-19-20-13(11)22)21-7-5-15(6-8-21)4-2-1-3-12(15)17/h9-10,12H,1-8,17H2/t12-/m1/s1. The van der Waals surface area contributed by atoms with E-state index in [0.717, 1.165) is 28.3 Å². The van der Waals surface area contributed by atoms with Crippen LogP contribution in [0.2, 0.25) is 0 Å². The molecule has 2 aromatic heterocycles. The summed E-state index contributed by atoms with van der Waals surface area (Å²) in [5, 5.41) is 8.22. The molecule has 1 saturated carbocycles. The highest BCUT2D eigenvalue weighted by Gasteiger charge is 2.41. The van der Waals surface area contributed by atoms with Gasteiger partial charge in [0.1, 0.15) is 6.33 Å². The van der Waals surface area contributed by atoms with Gasteiger partial charge in [-0.3, -0.25) is 4.40 Å². The molecule has 0 radical (unpaired) electrons. The Morgan fingerprint density at radius 1 is 1.23 bits per heavy atom. The Labute approximate surface area is 143 Å². The number of halogens is 1. The number of fused-ring (bicyclic) bond motifs is 1. The normalized spacial score (nSPS) is 25.0. The van der Waals surface area contributed by atoms with Crippen molar-refractivity contribution in [2.75, 3.05) is 18.0 Å². The maximum atomic E-state index is 6.46. The molecule has 3 heterocycles. The molecule has 1 aliphatic heterocycles. The van der Waals surface area contributed by atoms with Crippen molar-refractivity contribution >= 4 is 34.2 Å². The Balaban J connectivity index is 1.58. The maximum absolute atomic E-state index is 6.46. The van der Waals surface area contributed by atoms with E-state index < -0.39 is 0 Å². The van der Waals surface area contributed by atoms with Crippen molar-refractivity contribution in [1.29, 1.82) is 0 Å². The summed E-state index contributed by atoms with van der Waals surface area (Å²) in [7, 11) is 0. The number of anilines is 1. The van der Waals surface area contributed by atoms with Crippen molar-refractivity contribution in [2.45, 2.75) is 44.6 Å². The van der Waals surface area contributed by atoms with Crippen molar-refractivity contribution in [1.82, 2.24) is 19.6 Å². The Morgan fingerprint density at radius 2 is 2.05 bits per heavy atom. The molecule has 0 bridgehead atoms. The van der Waals surface area contributed by atoms with E-state index in [1.165, 1.54) is 38.5 Å². The third-order valence-corrected chi connectivity index (χ3v) is 6.30. The van der Waals surface area contributed by atoms with Gasteiger partial charge >= 0.3 is 0 Å². The van der Waals surface area contributed by atoms with Crippen LogP contribution in [0.5, 0.6) is 0 Å². The van der Waals surface area contributed by atoms with Gasteiger partial charge in [0.25, 0.3) is 0 Å². The minimum atomic E-state index is 0.365. The van der Waals surface area contributed by atoms with Gasteiger partial charge in [-0.25, -0.2) is 4.98 Å². The van der Waals surface area contributed by atoms with Crippen LogP contribution >= 0.6 is 22.6 Å². The number of nitrogens with two attached hydrogens (primary N) is 1. The SMILES string of the molecule is N[C@@H]1CCCCC12CCN(c1ncc(I)c3nncn13)CC2. The summed E-state index contributed by atoms with van der Waals surface area (Å²) in [6.45, 7) is 2.04. The van der Waals surface area contributed by atoms with Crippen molar-refractivity contribution < 1.29 is 0 Å². The highest BCUT2D eigenvalue weighted by molar-refractivity contribution is 14.1. The van der Waals surface area contributed by atoms with Gasteiger partial charge in [-0.2, -0.15) is 0 Å². The van der Waals surface area contributed by atoms with E-state index in [1.54, 1.807) is 6.33 Å². The van der Waals surface area contributed by atoms with Crippen LogP contribution in [0.4, 0.5) is 5.95 Å². The Hall–Kier alpha value is -0.960. The summed E-state index contributed by atoms with van der Waals surface area (Å²) in [5.41, 5.74) is 7.72. The van der Waals surface area contributed by atoms with Gasteiger partial charge in [0.05, 0.1) is 3.57 Å². The van der Waals surface area contributed by atoms with Crippen molar-refractivity contribution in [3.63, 3.8) is 0 Å². The van der Waals surface area contributed by atoms with Crippen LogP contribution in [0.3, 0.4) is 0 Å². The summed E-state index contributed by atoms with van der Waals surface area (Å²) in [6, 6.07) is 0.378. The van der Waals surface area contributed by atoms with E-state index in [0.29, 0.717) is 11.5 Å². The average molecular weight is 412 g/mol. The smallest absolute Gasteiger partial charge is 0.212 e. The van der Waals surface area contributed by atoms with Crippen LogP contribution in [0.25, 0.3) is 5.65 Å². The molecular weight excluding hydrogens is 391 g/mol. The van der Waals surface area contributed by atoms with Crippen LogP contribution in [-0.2, 0) is 0 Å². The van der Waals surface area contributed by atoms with E-state index in [-0.39, 0.29) is 0 Å². The van der Waals surface area contributed by atoms with Crippen LogP contribution in [0, 0.1) is 8.99 Å². The number of hydrogen-bond acceptors (Lipinski definition) is 5. The molecule has 7 heteroatoms. The predicted molar refractivity (Wildman–Crippen MR) is 93.8 cm³/mol. The van der Waals surface area contributed by atoms with Gasteiger partial charge in [-0.05, 0) is 53.7 Å². The third-order valence-electron chi connectivity index (χ3n) is 5.54. The van der Waals surface area contributed by atoms with Crippen LogP contribution in [-0.4, -0.2) is 38.7 Å². The molecule has 4 rings (SSSR count). The molecule has 0 amide bonds. The first-order valence-electron chi connectivity index (χ1n) is 8.04. The minimum absolute atomic E-state index is 0.365. The van der Waals surface area contributed by atoms with E-state index in [4.69, 9.17) is 5.73 Å². The fourth-order valence-corrected chi connectivity index (χ4v) is 4.63. The van der Waals surface area contributed by atoms with E-state index >= 15 is 0 Å². The summed E-state index contributed by atoms with van der Waals surface area (Å²) >= 11 is 2.25. The van der Waals surface area contributed by atoms with Crippen molar-refractivity contribution in [3.05, 3.63) is 16.1 Å². The topological polar surface area (TPSA) is 72.3 Å². The molecular formula is C15H21IN6. The monoisotopic (exact) mass is 412 g/mol. The molecule has 1 atom stereocenters. The lowest BCUT2D eigenvalue weighted by Gasteiger charge is -2.48. The Morgan fingerprint density at radius 3 is 2.82 bits per heavy atom. The largest absolute Gasteiger partial charge is 0.342 e. The highest BCUT2D eigenvalue weighted by Crippen LogP contribution is 2.44. The van der Waals surface area contributed by atoms with Crippen LogP contribution in [0.15, 0.2) is 12.5 Å². The molecule has 2 aromatic rings. The zero-order valence-corrected chi connectivity index (χ0v) is 14.7. The van der Waals surface area contributed by atoms with E-state index in [9.17, 15) is 0 Å². The number of nitrogens with zero attached hydrogens (tertiary/aromatic N) is 5. The second-order valence-electron chi connectivity index (χ2n) is 6.63. The van der Waals surface area contributed by atoms with Crippen LogP contribution in [0.1, 0.15) is 38.5 Å². The van der Waals surface area contributed by atoms with Crippen LogP contribution < -0.4 is 10.6 Å². The Bertz CT molecular complexity index is 676. The summed E-state index contributed by atoms with van der Waals surface area (Å²) in [4.78, 5) is 6.99. The molecule has 2 N–H and O–H groups in total. The van der Waals surface area contributed by atoms with Gasteiger partial charge in [0.2, 0.25) is 5.95 Å². The number of hydrogen-bond donors (Lipinski definition) is 1. The summed E-state index contributed by atoms with van der Waals surface area (Å²) < 4.78 is 3.03. The molecule has 2 aliphatic rings. The number of rotatable bonds is 1. The molecule has 118 valence electrons. The van der Waals surface area contributed by atoms with Gasteiger partial charge in [-0.1, -0.05) is 12.8 Å². The lowest BCUT2D eigenvalue weighted by Crippen LogP contribution is -2.51. The fourth-order valence-electron chi connectivity index (χ4n) is 4.12. The quantitative estimate of drug-likeness (QED) is 0.728. The minimum Gasteiger partial charge on any atom is -0.342 e. The second kappa shape index (κ2) is 5.59. The molecule has 0 unspecified atom stereocenters. The highest BCUT2D eigenvalue weighted by atomic mass is 127. The van der Waals surface area contributed by atoms with Gasteiger partial charge in [0, 0.05) is 25.3 Å². The molecule has 22 heavy (non-hydrogen) atoms. The van der Waals surface area contributed by atoms with Gasteiger partial charge in [-0.15, -0.1) is 10.2 Å².